The van der Waals surface area contributed by atoms with Gasteiger partial charge in [0, 0.05) is 23.4 Å². The van der Waals surface area contributed by atoms with E-state index in [9.17, 15) is 9.18 Å². The molecule has 0 aliphatic carbocycles. The number of halogens is 1. The largest absolute Gasteiger partial charge is 0.305 e. The molecule has 0 bridgehead atoms. The van der Waals surface area contributed by atoms with E-state index in [2.05, 4.69) is 25.6 Å². The molecule has 2 aromatic carbocycles. The lowest BCUT2D eigenvalue weighted by molar-refractivity contribution is 0.102. The summed E-state index contributed by atoms with van der Waals surface area (Å²) in [4.78, 5) is 16.6. The van der Waals surface area contributed by atoms with Gasteiger partial charge >= 0.3 is 0 Å². The minimum absolute atomic E-state index is 0.285. The van der Waals surface area contributed by atoms with Gasteiger partial charge in [-0.3, -0.25) is 14.6 Å². The molecule has 0 aliphatic rings. The number of aromatic nitrogens is 5. The number of rotatable bonds is 5. The van der Waals surface area contributed by atoms with Crippen LogP contribution >= 0.6 is 0 Å². The average Bonchev–Trinajstić information content (AvgIpc) is 3.34. The Morgan fingerprint density at radius 3 is 2.85 bits per heavy atom. The fourth-order valence-electron chi connectivity index (χ4n) is 2.68. The quantitative estimate of drug-likeness (QED) is 0.571. The Balaban J connectivity index is 1.46. The maximum absolute atomic E-state index is 13.3. The molecule has 0 saturated carbocycles. The monoisotopic (exact) mass is 362 g/mol. The van der Waals surface area contributed by atoms with Crippen molar-refractivity contribution >= 4 is 11.7 Å². The van der Waals surface area contributed by atoms with E-state index in [0.29, 0.717) is 23.8 Å². The van der Waals surface area contributed by atoms with Crippen LogP contribution in [0.2, 0.25) is 0 Å². The first-order chi connectivity index (χ1) is 13.2. The van der Waals surface area contributed by atoms with Crippen molar-refractivity contribution in [2.45, 2.75) is 6.54 Å². The first-order valence-electron chi connectivity index (χ1n) is 8.22. The minimum Gasteiger partial charge on any atom is -0.305 e. The molecule has 0 radical (unpaired) electrons. The zero-order valence-corrected chi connectivity index (χ0v) is 14.1. The number of carbonyl (C=O) groups excluding carboxylic acids is 1. The molecular formula is C19H15FN6O. The van der Waals surface area contributed by atoms with Crippen LogP contribution in [0.4, 0.5) is 10.2 Å². The Hall–Kier alpha value is -3.81. The van der Waals surface area contributed by atoms with E-state index in [1.807, 2.05) is 12.1 Å². The highest BCUT2D eigenvalue weighted by atomic mass is 19.1. The molecule has 7 nitrogen and oxygen atoms in total. The van der Waals surface area contributed by atoms with Gasteiger partial charge in [0.1, 0.15) is 12.1 Å². The van der Waals surface area contributed by atoms with Gasteiger partial charge in [0.2, 0.25) is 0 Å². The van der Waals surface area contributed by atoms with Crippen LogP contribution in [-0.4, -0.2) is 30.9 Å². The van der Waals surface area contributed by atoms with Crippen molar-refractivity contribution in [3.8, 4) is 11.4 Å². The molecule has 4 aromatic rings. The Bertz CT molecular complexity index is 1070. The van der Waals surface area contributed by atoms with Crippen LogP contribution in [0.5, 0.6) is 0 Å². The summed E-state index contributed by atoms with van der Waals surface area (Å²) in [6, 6.07) is 15.0. The lowest BCUT2D eigenvalue weighted by Gasteiger charge is -2.04. The van der Waals surface area contributed by atoms with E-state index in [1.165, 1.54) is 18.5 Å². The SMILES string of the molecule is O=C(Nc1ccn(Cc2cccc(F)c2)n1)c1cccc(-c2ncn[nH]2)c1. The van der Waals surface area contributed by atoms with Gasteiger partial charge in [0.15, 0.2) is 11.6 Å². The summed E-state index contributed by atoms with van der Waals surface area (Å²) in [5.41, 5.74) is 2.02. The van der Waals surface area contributed by atoms with E-state index < -0.39 is 0 Å². The summed E-state index contributed by atoms with van der Waals surface area (Å²) in [6.07, 6.45) is 3.14. The summed E-state index contributed by atoms with van der Waals surface area (Å²) < 4.78 is 14.9. The molecule has 8 heteroatoms. The molecular weight excluding hydrogens is 347 g/mol. The van der Waals surface area contributed by atoms with Crippen LogP contribution in [-0.2, 0) is 6.54 Å². The number of amides is 1. The van der Waals surface area contributed by atoms with Crippen LogP contribution in [0.25, 0.3) is 11.4 Å². The molecule has 0 aliphatic heterocycles. The third kappa shape index (κ3) is 3.90. The molecule has 0 unspecified atom stereocenters. The normalized spacial score (nSPS) is 10.7. The van der Waals surface area contributed by atoms with Crippen molar-refractivity contribution in [2.75, 3.05) is 5.32 Å². The summed E-state index contributed by atoms with van der Waals surface area (Å²) in [5, 5.41) is 13.6. The number of anilines is 1. The van der Waals surface area contributed by atoms with Crippen LogP contribution in [0, 0.1) is 5.82 Å². The third-order valence-electron chi connectivity index (χ3n) is 3.93. The first kappa shape index (κ1) is 16.6. The molecule has 0 saturated heterocycles. The Kier molecular flexibility index (Phi) is 4.44. The number of hydrogen-bond donors (Lipinski definition) is 2. The van der Waals surface area contributed by atoms with E-state index in [-0.39, 0.29) is 11.7 Å². The molecule has 0 atom stereocenters. The van der Waals surface area contributed by atoms with Crippen molar-refractivity contribution in [3.63, 3.8) is 0 Å². The standard InChI is InChI=1S/C19H15FN6O/c20-16-6-1-3-13(9-16)11-26-8-7-17(25-26)23-19(27)15-5-2-4-14(10-15)18-21-12-22-24-18/h1-10,12H,11H2,(H,21,22,24)(H,23,25,27). The van der Waals surface area contributed by atoms with Crippen molar-refractivity contribution in [3.05, 3.63) is 84.1 Å². The van der Waals surface area contributed by atoms with Gasteiger partial charge in [-0.15, -0.1) is 0 Å². The minimum atomic E-state index is -0.292. The second kappa shape index (κ2) is 7.20. The van der Waals surface area contributed by atoms with Gasteiger partial charge in [0.05, 0.1) is 6.54 Å². The predicted molar refractivity (Wildman–Crippen MR) is 97.5 cm³/mol. The summed E-state index contributed by atoms with van der Waals surface area (Å²) in [5.74, 6) is 0.428. The molecule has 4 rings (SSSR count). The molecule has 27 heavy (non-hydrogen) atoms. The van der Waals surface area contributed by atoms with E-state index in [0.717, 1.165) is 11.1 Å². The number of nitrogens with zero attached hydrogens (tertiary/aromatic N) is 4. The van der Waals surface area contributed by atoms with E-state index >= 15 is 0 Å². The Morgan fingerprint density at radius 1 is 1.15 bits per heavy atom. The van der Waals surface area contributed by atoms with Crippen molar-refractivity contribution < 1.29 is 9.18 Å². The average molecular weight is 362 g/mol. The lowest BCUT2D eigenvalue weighted by atomic mass is 10.1. The van der Waals surface area contributed by atoms with Crippen LogP contribution < -0.4 is 5.32 Å². The first-order valence-corrected chi connectivity index (χ1v) is 8.22. The van der Waals surface area contributed by atoms with Crippen LogP contribution in [0.3, 0.4) is 0 Å². The van der Waals surface area contributed by atoms with Gasteiger partial charge in [-0.25, -0.2) is 9.37 Å². The molecule has 2 heterocycles. The second-order valence-corrected chi connectivity index (χ2v) is 5.90. The zero-order chi connectivity index (χ0) is 18.6. The highest BCUT2D eigenvalue weighted by Gasteiger charge is 2.10. The van der Waals surface area contributed by atoms with Crippen molar-refractivity contribution in [1.29, 1.82) is 0 Å². The molecule has 134 valence electrons. The summed E-state index contributed by atoms with van der Waals surface area (Å²) in [6.45, 7) is 0.411. The van der Waals surface area contributed by atoms with Crippen LogP contribution in [0.1, 0.15) is 15.9 Å². The fourth-order valence-corrected chi connectivity index (χ4v) is 2.68. The predicted octanol–water partition coefficient (Wildman–Crippen LogP) is 3.11. The van der Waals surface area contributed by atoms with Gasteiger partial charge in [-0.2, -0.15) is 10.2 Å². The molecule has 1 amide bonds. The summed E-state index contributed by atoms with van der Waals surface area (Å²) >= 11 is 0. The van der Waals surface area contributed by atoms with Crippen molar-refractivity contribution in [1.82, 2.24) is 25.0 Å². The van der Waals surface area contributed by atoms with Crippen LogP contribution in [0.15, 0.2) is 67.1 Å². The number of carbonyl (C=O) groups is 1. The van der Waals surface area contributed by atoms with Crippen molar-refractivity contribution in [2.24, 2.45) is 0 Å². The highest BCUT2D eigenvalue weighted by molar-refractivity contribution is 6.04. The second-order valence-electron chi connectivity index (χ2n) is 5.90. The molecule has 2 aromatic heterocycles. The highest BCUT2D eigenvalue weighted by Crippen LogP contribution is 2.16. The lowest BCUT2D eigenvalue weighted by Crippen LogP contribution is -2.13. The fraction of sp³-hybridized carbons (Fsp3) is 0.0526. The third-order valence-corrected chi connectivity index (χ3v) is 3.93. The maximum atomic E-state index is 13.3. The number of H-pyrrole nitrogens is 1. The Morgan fingerprint density at radius 2 is 2.04 bits per heavy atom. The topological polar surface area (TPSA) is 88.5 Å². The Labute approximate surface area is 153 Å². The molecule has 0 fully saturated rings. The smallest absolute Gasteiger partial charge is 0.256 e. The number of hydrogen-bond acceptors (Lipinski definition) is 4. The van der Waals surface area contributed by atoms with Gasteiger partial charge in [0.25, 0.3) is 5.91 Å². The molecule has 0 spiro atoms. The van der Waals surface area contributed by atoms with Gasteiger partial charge < -0.3 is 5.32 Å². The number of nitrogens with one attached hydrogen (secondary N) is 2. The van der Waals surface area contributed by atoms with E-state index in [4.69, 9.17) is 0 Å². The van der Waals surface area contributed by atoms with Gasteiger partial charge in [-0.1, -0.05) is 24.3 Å². The van der Waals surface area contributed by atoms with E-state index in [1.54, 1.807) is 41.2 Å². The summed E-state index contributed by atoms with van der Waals surface area (Å²) in [7, 11) is 0. The number of benzene rings is 2. The zero-order valence-electron chi connectivity index (χ0n) is 14.1. The molecule has 2 N–H and O–H groups in total. The number of aromatic amines is 1. The van der Waals surface area contributed by atoms with Gasteiger partial charge in [-0.05, 0) is 29.8 Å². The maximum Gasteiger partial charge on any atom is 0.256 e.